The van der Waals surface area contributed by atoms with E-state index in [1.807, 2.05) is 0 Å². The van der Waals surface area contributed by atoms with Gasteiger partial charge in [-0.2, -0.15) is 0 Å². The maximum Gasteiger partial charge on any atom is 0.277 e. The molecule has 8 heteroatoms. The third kappa shape index (κ3) is 3.01. The van der Waals surface area contributed by atoms with E-state index in [1.54, 1.807) is 12.1 Å². The van der Waals surface area contributed by atoms with Crippen LogP contribution >= 0.6 is 11.6 Å². The number of hydrogen-bond acceptors (Lipinski definition) is 5. The lowest BCUT2D eigenvalue weighted by atomic mass is 10.2. The third-order valence-corrected chi connectivity index (χ3v) is 2.53. The molecule has 0 saturated carbocycles. The first-order chi connectivity index (χ1) is 9.47. The van der Waals surface area contributed by atoms with Crippen molar-refractivity contribution in [1.29, 1.82) is 0 Å². The number of nitrogens with two attached hydrogens (primary N) is 1. The molecule has 2 N–H and O–H groups in total. The summed E-state index contributed by atoms with van der Waals surface area (Å²) in [6.45, 7) is 0. The zero-order valence-electron chi connectivity index (χ0n) is 9.95. The van der Waals surface area contributed by atoms with Crippen molar-refractivity contribution >= 4 is 23.2 Å². The molecule has 7 nitrogen and oxygen atoms in total. The maximum atomic E-state index is 11.2. The van der Waals surface area contributed by atoms with Crippen molar-refractivity contribution < 1.29 is 14.5 Å². The van der Waals surface area contributed by atoms with Crippen LogP contribution in [0.3, 0.4) is 0 Å². The van der Waals surface area contributed by atoms with Crippen LogP contribution in [0.4, 0.5) is 5.69 Å². The summed E-state index contributed by atoms with van der Waals surface area (Å²) < 4.78 is 5.34. The van der Waals surface area contributed by atoms with Gasteiger partial charge in [0.05, 0.1) is 22.6 Å². The Morgan fingerprint density at radius 3 is 2.70 bits per heavy atom. The maximum absolute atomic E-state index is 11.2. The third-order valence-electron chi connectivity index (χ3n) is 2.33. The Kier molecular flexibility index (Phi) is 3.81. The average molecular weight is 294 g/mol. The van der Waals surface area contributed by atoms with Crippen molar-refractivity contribution in [1.82, 2.24) is 4.98 Å². The van der Waals surface area contributed by atoms with Gasteiger partial charge in [0.2, 0.25) is 5.88 Å². The lowest BCUT2D eigenvalue weighted by Crippen LogP contribution is -2.12. The molecule has 0 aliphatic rings. The highest BCUT2D eigenvalue weighted by Crippen LogP contribution is 2.28. The van der Waals surface area contributed by atoms with Gasteiger partial charge in [-0.15, -0.1) is 0 Å². The second kappa shape index (κ2) is 5.54. The molecule has 0 aliphatic heterocycles. The van der Waals surface area contributed by atoms with Gasteiger partial charge in [0.15, 0.2) is 0 Å². The van der Waals surface area contributed by atoms with Gasteiger partial charge >= 0.3 is 0 Å². The SMILES string of the molecule is NC(=O)c1ccccc1Oc1cc([N+](=O)[O-])cc(Cl)n1. The Hall–Kier alpha value is -2.67. The first-order valence-corrected chi connectivity index (χ1v) is 5.74. The molecule has 2 aromatic rings. The summed E-state index contributed by atoms with van der Waals surface area (Å²) in [5.41, 5.74) is 5.07. The van der Waals surface area contributed by atoms with Crippen molar-refractivity contribution in [3.05, 3.63) is 57.2 Å². The lowest BCUT2D eigenvalue weighted by Gasteiger charge is -2.08. The summed E-state index contributed by atoms with van der Waals surface area (Å²) in [6.07, 6.45) is 0. The number of nitrogens with zero attached hydrogens (tertiary/aromatic N) is 2. The minimum Gasteiger partial charge on any atom is -0.438 e. The van der Waals surface area contributed by atoms with Crippen LogP contribution in [0.1, 0.15) is 10.4 Å². The number of benzene rings is 1. The first-order valence-electron chi connectivity index (χ1n) is 5.36. The molecule has 0 saturated heterocycles. The fourth-order valence-electron chi connectivity index (χ4n) is 1.49. The molecule has 1 amide bonds. The van der Waals surface area contributed by atoms with Gasteiger partial charge in [-0.3, -0.25) is 14.9 Å². The molecule has 2 rings (SSSR count). The molecular formula is C12H8ClN3O4. The summed E-state index contributed by atoms with van der Waals surface area (Å²) in [6, 6.07) is 8.39. The van der Waals surface area contributed by atoms with Crippen molar-refractivity contribution in [2.24, 2.45) is 5.73 Å². The van der Waals surface area contributed by atoms with Gasteiger partial charge in [0.1, 0.15) is 10.9 Å². The summed E-state index contributed by atoms with van der Waals surface area (Å²) in [5, 5.41) is 10.6. The molecule has 0 atom stereocenters. The number of para-hydroxylation sites is 1. The zero-order valence-corrected chi connectivity index (χ0v) is 10.7. The van der Waals surface area contributed by atoms with Crippen molar-refractivity contribution in [3.8, 4) is 11.6 Å². The second-order valence-corrected chi connectivity index (χ2v) is 4.09. The van der Waals surface area contributed by atoms with Crippen LogP contribution in [0.25, 0.3) is 0 Å². The van der Waals surface area contributed by atoms with Crippen LogP contribution in [0.15, 0.2) is 36.4 Å². The number of carbonyl (C=O) groups excluding carboxylic acids is 1. The average Bonchev–Trinajstić information content (AvgIpc) is 2.38. The predicted molar refractivity (Wildman–Crippen MR) is 70.9 cm³/mol. The van der Waals surface area contributed by atoms with Gasteiger partial charge < -0.3 is 10.5 Å². The predicted octanol–water partition coefficient (Wildman–Crippen LogP) is 2.53. The van der Waals surface area contributed by atoms with Crippen LogP contribution in [0.2, 0.25) is 5.15 Å². The number of carbonyl (C=O) groups is 1. The fourth-order valence-corrected chi connectivity index (χ4v) is 1.68. The summed E-state index contributed by atoms with van der Waals surface area (Å²) >= 11 is 5.68. The monoisotopic (exact) mass is 293 g/mol. The highest BCUT2D eigenvalue weighted by Gasteiger charge is 2.14. The summed E-state index contributed by atoms with van der Waals surface area (Å²) in [4.78, 5) is 25.1. The van der Waals surface area contributed by atoms with E-state index in [9.17, 15) is 14.9 Å². The number of nitro groups is 1. The van der Waals surface area contributed by atoms with Crippen LogP contribution < -0.4 is 10.5 Å². The molecule has 0 fully saturated rings. The first kappa shape index (κ1) is 13.8. The molecule has 20 heavy (non-hydrogen) atoms. The van der Waals surface area contributed by atoms with Crippen LogP contribution in [0, 0.1) is 10.1 Å². The quantitative estimate of drug-likeness (QED) is 0.529. The normalized spacial score (nSPS) is 10.1. The minimum atomic E-state index is -0.683. The van der Waals surface area contributed by atoms with Crippen molar-refractivity contribution in [2.75, 3.05) is 0 Å². The Bertz CT molecular complexity index is 690. The number of ether oxygens (including phenoxy) is 1. The summed E-state index contributed by atoms with van der Waals surface area (Å²) in [7, 11) is 0. The fraction of sp³-hybridized carbons (Fsp3) is 0. The van der Waals surface area contributed by atoms with E-state index in [0.29, 0.717) is 0 Å². The largest absolute Gasteiger partial charge is 0.438 e. The number of halogens is 1. The lowest BCUT2D eigenvalue weighted by molar-refractivity contribution is -0.385. The van der Waals surface area contributed by atoms with E-state index >= 15 is 0 Å². The molecule has 0 unspecified atom stereocenters. The van der Waals surface area contributed by atoms with Gasteiger partial charge in [-0.25, -0.2) is 4.98 Å². The molecule has 1 aromatic heterocycles. The van der Waals surface area contributed by atoms with E-state index in [0.717, 1.165) is 12.1 Å². The minimum absolute atomic E-state index is 0.0919. The van der Waals surface area contributed by atoms with E-state index in [2.05, 4.69) is 4.98 Å². The summed E-state index contributed by atoms with van der Waals surface area (Å²) in [5.74, 6) is -0.640. The van der Waals surface area contributed by atoms with Crippen LogP contribution in [-0.2, 0) is 0 Å². The Morgan fingerprint density at radius 2 is 2.05 bits per heavy atom. The highest BCUT2D eigenvalue weighted by molar-refractivity contribution is 6.29. The molecular weight excluding hydrogens is 286 g/mol. The van der Waals surface area contributed by atoms with Gasteiger partial charge in [0, 0.05) is 0 Å². The van der Waals surface area contributed by atoms with Crippen LogP contribution in [0.5, 0.6) is 11.6 Å². The molecule has 0 aliphatic carbocycles. The standard InChI is InChI=1S/C12H8ClN3O4/c13-10-5-7(16(18)19)6-11(15-10)20-9-4-2-1-3-8(9)12(14)17/h1-6H,(H2,14,17). The molecule has 1 aromatic carbocycles. The smallest absolute Gasteiger partial charge is 0.277 e. The molecule has 0 spiro atoms. The highest BCUT2D eigenvalue weighted by atomic mass is 35.5. The molecule has 102 valence electrons. The Morgan fingerprint density at radius 1 is 1.35 bits per heavy atom. The van der Waals surface area contributed by atoms with E-state index < -0.39 is 10.8 Å². The van der Waals surface area contributed by atoms with E-state index in [-0.39, 0.29) is 28.0 Å². The number of primary amides is 1. The number of aromatic nitrogens is 1. The Labute approximate surface area is 118 Å². The van der Waals surface area contributed by atoms with Crippen LogP contribution in [-0.4, -0.2) is 15.8 Å². The molecule has 0 radical (unpaired) electrons. The molecule has 0 bridgehead atoms. The van der Waals surface area contributed by atoms with Gasteiger partial charge in [-0.1, -0.05) is 23.7 Å². The zero-order chi connectivity index (χ0) is 14.7. The topological polar surface area (TPSA) is 108 Å². The number of rotatable bonds is 4. The van der Waals surface area contributed by atoms with Gasteiger partial charge in [-0.05, 0) is 12.1 Å². The number of pyridine rings is 1. The van der Waals surface area contributed by atoms with Crippen molar-refractivity contribution in [3.63, 3.8) is 0 Å². The number of hydrogen-bond donors (Lipinski definition) is 1. The van der Waals surface area contributed by atoms with Crippen molar-refractivity contribution in [2.45, 2.75) is 0 Å². The molecule has 1 heterocycles. The van der Waals surface area contributed by atoms with E-state index in [1.165, 1.54) is 12.1 Å². The number of amides is 1. The van der Waals surface area contributed by atoms with E-state index in [4.69, 9.17) is 22.1 Å². The second-order valence-electron chi connectivity index (χ2n) is 3.71. The van der Waals surface area contributed by atoms with Gasteiger partial charge in [0.25, 0.3) is 11.6 Å². The Balaban J connectivity index is 2.40.